The molecule has 1 fully saturated rings. The van der Waals surface area contributed by atoms with Crippen molar-refractivity contribution < 1.29 is 18.8 Å². The number of anilines is 1. The minimum absolute atomic E-state index is 0.370. The predicted octanol–water partition coefficient (Wildman–Crippen LogP) is 4.36. The van der Waals surface area contributed by atoms with E-state index in [9.17, 15) is 4.79 Å². The maximum absolute atomic E-state index is 11.8. The van der Waals surface area contributed by atoms with Crippen LogP contribution in [0.4, 0.5) is 10.5 Å². The molecule has 0 atom stereocenters. The van der Waals surface area contributed by atoms with Gasteiger partial charge >= 0.3 is 13.2 Å². The average Bonchev–Trinajstić information content (AvgIpc) is 2.68. The smallest absolute Gasteiger partial charge is 0.444 e. The third kappa shape index (κ3) is 5.75. The van der Waals surface area contributed by atoms with Crippen LogP contribution in [-0.2, 0) is 14.0 Å². The monoisotopic (exact) mass is 349 g/mol. The summed E-state index contributed by atoms with van der Waals surface area (Å²) in [6.07, 6.45) is -0.471. The van der Waals surface area contributed by atoms with Crippen LogP contribution in [0.5, 0.6) is 0 Å². The SMILES string of the molecule is CC.CC(C)(C)OC(=O)Nc1ccc(B2OC(C)(C)C(C)(C)O2)cc1. The van der Waals surface area contributed by atoms with Crippen molar-refractivity contribution in [3.05, 3.63) is 24.3 Å². The summed E-state index contributed by atoms with van der Waals surface area (Å²) >= 11 is 0. The highest BCUT2D eigenvalue weighted by atomic mass is 16.7. The van der Waals surface area contributed by atoms with Crippen LogP contribution >= 0.6 is 0 Å². The standard InChI is InChI=1S/C17H26BNO4.C2H6/c1-15(2,3)21-14(20)19-13-10-8-12(9-11-13)18-22-16(4,5)17(6,7)23-18;1-2/h8-11H,1-7H3,(H,19,20);1-2H3. The molecule has 1 heterocycles. The molecule has 6 heteroatoms. The number of amides is 1. The summed E-state index contributed by atoms with van der Waals surface area (Å²) in [4.78, 5) is 11.8. The summed E-state index contributed by atoms with van der Waals surface area (Å²) in [6, 6.07) is 7.39. The maximum Gasteiger partial charge on any atom is 0.494 e. The van der Waals surface area contributed by atoms with E-state index in [1.54, 1.807) is 0 Å². The van der Waals surface area contributed by atoms with Gasteiger partial charge in [-0.05, 0) is 66.1 Å². The third-order valence-corrected chi connectivity index (χ3v) is 4.08. The van der Waals surface area contributed by atoms with Crippen molar-refractivity contribution in [3.8, 4) is 0 Å². The molecule has 5 nitrogen and oxygen atoms in total. The van der Waals surface area contributed by atoms with Gasteiger partial charge in [-0.25, -0.2) is 4.79 Å². The average molecular weight is 349 g/mol. The van der Waals surface area contributed by atoms with Gasteiger partial charge in [0, 0.05) is 5.69 Å². The van der Waals surface area contributed by atoms with Gasteiger partial charge in [0.2, 0.25) is 0 Å². The second-order valence-corrected chi connectivity index (χ2v) is 7.84. The number of carbonyl (C=O) groups excluding carboxylic acids is 1. The molecule has 0 saturated carbocycles. The van der Waals surface area contributed by atoms with Gasteiger partial charge in [-0.2, -0.15) is 0 Å². The van der Waals surface area contributed by atoms with Crippen LogP contribution in [0.1, 0.15) is 62.3 Å². The molecule has 1 aromatic carbocycles. The van der Waals surface area contributed by atoms with E-state index in [0.717, 1.165) is 5.46 Å². The molecule has 0 aliphatic carbocycles. The Bertz CT molecular complexity index is 560. The number of hydrogen-bond acceptors (Lipinski definition) is 4. The van der Waals surface area contributed by atoms with Crippen LogP contribution in [-0.4, -0.2) is 30.0 Å². The Hall–Kier alpha value is -1.53. The van der Waals surface area contributed by atoms with Crippen molar-refractivity contribution in [2.24, 2.45) is 0 Å². The summed E-state index contributed by atoms with van der Waals surface area (Å²) in [6.45, 7) is 17.6. The first-order chi connectivity index (χ1) is 11.4. The maximum atomic E-state index is 11.8. The third-order valence-electron chi connectivity index (χ3n) is 4.08. The van der Waals surface area contributed by atoms with Gasteiger partial charge in [-0.3, -0.25) is 5.32 Å². The lowest BCUT2D eigenvalue weighted by Gasteiger charge is -2.32. The van der Waals surface area contributed by atoms with Crippen molar-refractivity contribution in [1.82, 2.24) is 0 Å². The number of ether oxygens (including phenoxy) is 1. The van der Waals surface area contributed by atoms with Gasteiger partial charge in [-0.15, -0.1) is 0 Å². The number of benzene rings is 1. The van der Waals surface area contributed by atoms with E-state index in [1.165, 1.54) is 0 Å². The lowest BCUT2D eigenvalue weighted by Crippen LogP contribution is -2.41. The molecular formula is C19H32BNO4. The van der Waals surface area contributed by atoms with Gasteiger partial charge in [0.25, 0.3) is 0 Å². The van der Waals surface area contributed by atoms with Crippen LogP contribution in [0.3, 0.4) is 0 Å². The molecule has 1 aromatic rings. The molecule has 0 bridgehead atoms. The summed E-state index contributed by atoms with van der Waals surface area (Å²) in [5.41, 5.74) is 0.320. The van der Waals surface area contributed by atoms with Crippen molar-refractivity contribution in [1.29, 1.82) is 0 Å². The second-order valence-electron chi connectivity index (χ2n) is 7.84. The zero-order valence-electron chi connectivity index (χ0n) is 17.0. The van der Waals surface area contributed by atoms with Crippen molar-refractivity contribution in [2.75, 3.05) is 5.32 Å². The van der Waals surface area contributed by atoms with Crippen molar-refractivity contribution >= 4 is 24.4 Å². The molecule has 1 saturated heterocycles. The van der Waals surface area contributed by atoms with E-state index in [4.69, 9.17) is 14.0 Å². The Morgan fingerprint density at radius 2 is 1.44 bits per heavy atom. The first-order valence-electron chi connectivity index (χ1n) is 8.85. The molecule has 0 spiro atoms. The molecule has 0 unspecified atom stereocenters. The lowest BCUT2D eigenvalue weighted by molar-refractivity contribution is 0.00578. The van der Waals surface area contributed by atoms with Crippen LogP contribution in [0.25, 0.3) is 0 Å². The molecule has 140 valence electrons. The highest BCUT2D eigenvalue weighted by molar-refractivity contribution is 6.62. The topological polar surface area (TPSA) is 56.8 Å². The van der Waals surface area contributed by atoms with Crippen molar-refractivity contribution in [3.63, 3.8) is 0 Å². The zero-order valence-corrected chi connectivity index (χ0v) is 17.0. The minimum atomic E-state index is -0.521. The molecule has 0 aromatic heterocycles. The fraction of sp³-hybridized carbons (Fsp3) is 0.632. The number of rotatable bonds is 2. The molecule has 25 heavy (non-hydrogen) atoms. The van der Waals surface area contributed by atoms with Crippen LogP contribution < -0.4 is 10.8 Å². The van der Waals surface area contributed by atoms with Crippen molar-refractivity contribution in [2.45, 2.75) is 79.1 Å². The quantitative estimate of drug-likeness (QED) is 0.806. The fourth-order valence-corrected chi connectivity index (χ4v) is 2.12. The van der Waals surface area contributed by atoms with E-state index in [0.29, 0.717) is 5.69 Å². The summed E-state index contributed by atoms with van der Waals surface area (Å²) in [5, 5.41) is 2.71. The molecule has 1 N–H and O–H groups in total. The number of hydrogen-bond donors (Lipinski definition) is 1. The molecule has 1 aliphatic heterocycles. The summed E-state index contributed by atoms with van der Waals surface area (Å²) in [7, 11) is -0.407. The Labute approximate surface area is 152 Å². The Morgan fingerprint density at radius 3 is 1.84 bits per heavy atom. The summed E-state index contributed by atoms with van der Waals surface area (Å²) < 4.78 is 17.2. The highest BCUT2D eigenvalue weighted by Crippen LogP contribution is 2.36. The molecule has 1 amide bonds. The van der Waals surface area contributed by atoms with Crippen LogP contribution in [0.15, 0.2) is 24.3 Å². The lowest BCUT2D eigenvalue weighted by atomic mass is 9.79. The molecule has 1 aliphatic rings. The molecule has 2 rings (SSSR count). The molecular weight excluding hydrogens is 317 g/mol. The minimum Gasteiger partial charge on any atom is -0.444 e. The van der Waals surface area contributed by atoms with Crippen LogP contribution in [0, 0.1) is 0 Å². The number of nitrogens with one attached hydrogen (secondary N) is 1. The van der Waals surface area contributed by atoms with E-state index in [2.05, 4.69) is 5.32 Å². The normalized spacial score (nSPS) is 18.2. The van der Waals surface area contributed by atoms with Crippen LogP contribution in [0.2, 0.25) is 0 Å². The highest BCUT2D eigenvalue weighted by Gasteiger charge is 2.51. The largest absolute Gasteiger partial charge is 0.494 e. The van der Waals surface area contributed by atoms with E-state index >= 15 is 0 Å². The van der Waals surface area contributed by atoms with Gasteiger partial charge in [-0.1, -0.05) is 26.0 Å². The first-order valence-corrected chi connectivity index (χ1v) is 8.85. The Balaban J connectivity index is 0.00000151. The first kappa shape index (κ1) is 21.5. The summed E-state index contributed by atoms with van der Waals surface area (Å²) in [5.74, 6) is 0. The van der Waals surface area contributed by atoms with Gasteiger partial charge in [0.1, 0.15) is 5.60 Å². The Morgan fingerprint density at radius 1 is 1.00 bits per heavy atom. The Kier molecular flexibility index (Phi) is 6.71. The van der Waals surface area contributed by atoms with Gasteiger partial charge < -0.3 is 14.0 Å². The second kappa shape index (κ2) is 7.79. The predicted molar refractivity (Wildman–Crippen MR) is 103 cm³/mol. The van der Waals surface area contributed by atoms with Gasteiger partial charge in [0.05, 0.1) is 11.2 Å². The van der Waals surface area contributed by atoms with E-state index < -0.39 is 18.8 Å². The zero-order chi connectivity index (χ0) is 19.5. The number of carbonyl (C=O) groups is 1. The van der Waals surface area contributed by atoms with Gasteiger partial charge in [0.15, 0.2) is 0 Å². The molecule has 0 radical (unpaired) electrons. The van der Waals surface area contributed by atoms with E-state index in [1.807, 2.05) is 86.6 Å². The van der Waals surface area contributed by atoms with E-state index in [-0.39, 0.29) is 11.2 Å². The fourth-order valence-electron chi connectivity index (χ4n) is 2.12.